The highest BCUT2D eigenvalue weighted by atomic mass is 32.2. The van der Waals surface area contributed by atoms with Crippen LogP contribution in [0, 0.1) is 6.92 Å². The van der Waals surface area contributed by atoms with Crippen molar-refractivity contribution in [2.24, 2.45) is 0 Å². The Labute approximate surface area is 181 Å². The molecule has 0 saturated carbocycles. The molecular weight excluding hydrogens is 400 g/mol. The van der Waals surface area contributed by atoms with Gasteiger partial charge in [0.15, 0.2) is 0 Å². The third-order valence-corrected chi connectivity index (χ3v) is 6.05. The molecule has 3 rings (SSSR count). The molecule has 0 radical (unpaired) electrons. The first-order valence-electron chi connectivity index (χ1n) is 9.36. The molecule has 0 unspecified atom stereocenters. The maximum atomic E-state index is 12.8. The number of benzene rings is 2. The summed E-state index contributed by atoms with van der Waals surface area (Å²) in [6.07, 6.45) is 1.82. The molecule has 1 heterocycles. The number of nitrogens with zero attached hydrogens (tertiary/aromatic N) is 1. The van der Waals surface area contributed by atoms with Crippen LogP contribution in [0.4, 0.5) is 5.69 Å². The van der Waals surface area contributed by atoms with E-state index in [9.17, 15) is 9.59 Å². The Bertz CT molecular complexity index is 989. The number of anilines is 1. The van der Waals surface area contributed by atoms with Gasteiger partial charge < -0.3 is 5.32 Å². The summed E-state index contributed by atoms with van der Waals surface area (Å²) in [5, 5.41) is 2.84. The van der Waals surface area contributed by atoms with Crippen molar-refractivity contribution in [3.8, 4) is 0 Å². The molecule has 29 heavy (non-hydrogen) atoms. The van der Waals surface area contributed by atoms with Gasteiger partial charge in [-0.25, -0.2) is 0 Å². The second-order valence-corrected chi connectivity index (χ2v) is 9.68. The van der Waals surface area contributed by atoms with Crippen molar-refractivity contribution in [2.45, 2.75) is 33.1 Å². The Morgan fingerprint density at radius 1 is 1.14 bits per heavy atom. The summed E-state index contributed by atoms with van der Waals surface area (Å²) in [7, 11) is 0. The number of nitrogens with one attached hydrogen (secondary N) is 1. The molecular formula is C23H24N2O2S2. The fourth-order valence-corrected chi connectivity index (χ4v) is 4.17. The second-order valence-electron chi connectivity index (χ2n) is 8.00. The van der Waals surface area contributed by atoms with E-state index in [1.165, 1.54) is 22.2 Å². The van der Waals surface area contributed by atoms with E-state index in [0.29, 0.717) is 9.23 Å². The minimum absolute atomic E-state index is 0.0758. The molecule has 150 valence electrons. The van der Waals surface area contributed by atoms with E-state index in [0.717, 1.165) is 16.8 Å². The normalized spacial score (nSPS) is 15.9. The molecule has 0 spiro atoms. The molecule has 4 nitrogen and oxygen atoms in total. The Morgan fingerprint density at radius 2 is 1.79 bits per heavy atom. The van der Waals surface area contributed by atoms with E-state index in [-0.39, 0.29) is 23.8 Å². The van der Waals surface area contributed by atoms with E-state index in [2.05, 4.69) is 38.2 Å². The number of rotatable bonds is 4. The van der Waals surface area contributed by atoms with Gasteiger partial charge in [-0.2, -0.15) is 0 Å². The first kappa shape index (κ1) is 21.3. The van der Waals surface area contributed by atoms with Gasteiger partial charge in [0.1, 0.15) is 10.9 Å². The van der Waals surface area contributed by atoms with Crippen molar-refractivity contribution in [1.29, 1.82) is 0 Å². The van der Waals surface area contributed by atoms with Crippen LogP contribution in [0.25, 0.3) is 6.08 Å². The SMILES string of the molecule is Cc1ccccc1NC(=O)CN1C(=O)/C(=C/c2ccc(C(C)(C)C)cc2)SC1=S. The van der Waals surface area contributed by atoms with Gasteiger partial charge in [-0.3, -0.25) is 14.5 Å². The Balaban J connectivity index is 1.70. The van der Waals surface area contributed by atoms with Gasteiger partial charge in [0.05, 0.1) is 4.91 Å². The standard InChI is InChI=1S/C23H24N2O2S2/c1-15-7-5-6-8-18(15)24-20(26)14-25-21(27)19(29-22(25)28)13-16-9-11-17(12-10-16)23(2,3)4/h5-13H,14H2,1-4H3,(H,24,26)/b19-13-. The smallest absolute Gasteiger partial charge is 0.266 e. The minimum atomic E-state index is -0.272. The number of carbonyl (C=O) groups is 2. The Kier molecular flexibility index (Phi) is 6.24. The van der Waals surface area contributed by atoms with Gasteiger partial charge in [-0.15, -0.1) is 0 Å². The van der Waals surface area contributed by atoms with Crippen LogP contribution in [0.5, 0.6) is 0 Å². The number of para-hydroxylation sites is 1. The quantitative estimate of drug-likeness (QED) is 0.546. The van der Waals surface area contributed by atoms with Gasteiger partial charge in [0.25, 0.3) is 5.91 Å². The highest BCUT2D eigenvalue weighted by Gasteiger charge is 2.33. The number of hydrogen-bond donors (Lipinski definition) is 1. The third-order valence-electron chi connectivity index (χ3n) is 4.67. The predicted molar refractivity (Wildman–Crippen MR) is 125 cm³/mol. The van der Waals surface area contributed by atoms with Gasteiger partial charge in [-0.05, 0) is 41.2 Å². The molecule has 1 aliphatic heterocycles. The van der Waals surface area contributed by atoms with E-state index in [4.69, 9.17) is 12.2 Å². The van der Waals surface area contributed by atoms with Gasteiger partial charge >= 0.3 is 0 Å². The number of carbonyl (C=O) groups excluding carboxylic acids is 2. The maximum Gasteiger partial charge on any atom is 0.266 e. The molecule has 1 saturated heterocycles. The van der Waals surface area contributed by atoms with Crippen molar-refractivity contribution in [1.82, 2.24) is 4.90 Å². The zero-order valence-corrected chi connectivity index (χ0v) is 18.6. The Morgan fingerprint density at radius 3 is 2.41 bits per heavy atom. The molecule has 0 bridgehead atoms. The highest BCUT2D eigenvalue weighted by Crippen LogP contribution is 2.33. The summed E-state index contributed by atoms with van der Waals surface area (Å²) in [4.78, 5) is 27.1. The number of amides is 2. The van der Waals surface area contributed by atoms with Crippen LogP contribution in [0.1, 0.15) is 37.5 Å². The van der Waals surface area contributed by atoms with Crippen LogP contribution >= 0.6 is 24.0 Å². The largest absolute Gasteiger partial charge is 0.324 e. The van der Waals surface area contributed by atoms with Crippen LogP contribution in [0.15, 0.2) is 53.4 Å². The lowest BCUT2D eigenvalue weighted by Crippen LogP contribution is -2.36. The zero-order chi connectivity index (χ0) is 21.2. The Hall–Kier alpha value is -2.44. The van der Waals surface area contributed by atoms with E-state index in [1.807, 2.05) is 49.4 Å². The molecule has 2 aromatic carbocycles. The molecule has 2 amide bonds. The minimum Gasteiger partial charge on any atom is -0.324 e. The van der Waals surface area contributed by atoms with Crippen LogP contribution < -0.4 is 5.32 Å². The highest BCUT2D eigenvalue weighted by molar-refractivity contribution is 8.26. The average molecular weight is 425 g/mol. The zero-order valence-electron chi connectivity index (χ0n) is 17.0. The molecule has 1 N–H and O–H groups in total. The number of hydrogen-bond acceptors (Lipinski definition) is 4. The molecule has 2 aromatic rings. The van der Waals surface area contributed by atoms with Crippen molar-refractivity contribution < 1.29 is 9.59 Å². The number of thiocarbonyl (C=S) groups is 1. The lowest BCUT2D eigenvalue weighted by atomic mass is 9.87. The third kappa shape index (κ3) is 5.14. The topological polar surface area (TPSA) is 49.4 Å². The first-order valence-corrected chi connectivity index (χ1v) is 10.6. The summed E-state index contributed by atoms with van der Waals surface area (Å²) in [5.74, 6) is -0.508. The van der Waals surface area contributed by atoms with E-state index >= 15 is 0 Å². The van der Waals surface area contributed by atoms with Gasteiger partial charge in [-0.1, -0.05) is 87.2 Å². The van der Waals surface area contributed by atoms with Crippen LogP contribution in [-0.2, 0) is 15.0 Å². The van der Waals surface area contributed by atoms with Crippen LogP contribution in [-0.4, -0.2) is 27.6 Å². The van der Waals surface area contributed by atoms with E-state index < -0.39 is 0 Å². The monoisotopic (exact) mass is 424 g/mol. The lowest BCUT2D eigenvalue weighted by Gasteiger charge is -2.18. The van der Waals surface area contributed by atoms with Crippen molar-refractivity contribution >= 4 is 51.9 Å². The molecule has 1 fully saturated rings. The van der Waals surface area contributed by atoms with Gasteiger partial charge in [0.2, 0.25) is 5.91 Å². The van der Waals surface area contributed by atoms with Crippen molar-refractivity contribution in [3.05, 3.63) is 70.1 Å². The predicted octanol–water partition coefficient (Wildman–Crippen LogP) is 5.13. The van der Waals surface area contributed by atoms with Crippen LogP contribution in [0.3, 0.4) is 0 Å². The lowest BCUT2D eigenvalue weighted by molar-refractivity contribution is -0.126. The van der Waals surface area contributed by atoms with Crippen molar-refractivity contribution in [2.75, 3.05) is 11.9 Å². The number of thioether (sulfide) groups is 1. The summed E-state index contributed by atoms with van der Waals surface area (Å²) in [5.41, 5.74) is 3.94. The van der Waals surface area contributed by atoms with Crippen molar-refractivity contribution in [3.63, 3.8) is 0 Å². The fourth-order valence-electron chi connectivity index (χ4n) is 2.91. The van der Waals surface area contributed by atoms with E-state index in [1.54, 1.807) is 0 Å². The molecule has 0 aromatic heterocycles. The first-order chi connectivity index (χ1) is 13.6. The molecule has 0 aliphatic carbocycles. The summed E-state index contributed by atoms with van der Waals surface area (Å²) in [6, 6.07) is 15.7. The summed E-state index contributed by atoms with van der Waals surface area (Å²) in [6.45, 7) is 8.31. The molecule has 0 atom stereocenters. The maximum absolute atomic E-state index is 12.8. The van der Waals surface area contributed by atoms with Gasteiger partial charge in [0, 0.05) is 5.69 Å². The molecule has 1 aliphatic rings. The average Bonchev–Trinajstić information content (AvgIpc) is 2.91. The van der Waals surface area contributed by atoms with Crippen LogP contribution in [0.2, 0.25) is 0 Å². The fraction of sp³-hybridized carbons (Fsp3) is 0.261. The number of aryl methyl sites for hydroxylation is 1. The summed E-state index contributed by atoms with van der Waals surface area (Å²) < 4.78 is 0.396. The molecule has 6 heteroatoms. The second kappa shape index (κ2) is 8.51. The summed E-state index contributed by atoms with van der Waals surface area (Å²) >= 11 is 6.56.